The average molecular weight is 562 g/mol. The van der Waals surface area contributed by atoms with E-state index in [-0.39, 0.29) is 47.6 Å². The molecule has 0 radical (unpaired) electrons. The summed E-state index contributed by atoms with van der Waals surface area (Å²) >= 11 is 0. The number of para-hydroxylation sites is 1. The van der Waals surface area contributed by atoms with Crippen molar-refractivity contribution in [1.29, 1.82) is 0 Å². The zero-order chi connectivity index (χ0) is 29.7. The molecule has 2 aromatic heterocycles. The number of pyridine rings is 1. The largest absolute Gasteiger partial charge is 0.497 e. The number of fused-ring (bicyclic) bond motifs is 1. The number of ether oxygens (including phenoxy) is 4. The maximum atomic E-state index is 14.1. The zero-order valence-electron chi connectivity index (χ0n) is 23.6. The summed E-state index contributed by atoms with van der Waals surface area (Å²) in [5.41, 5.74) is 0.180. The molecule has 0 unspecified atom stereocenters. The van der Waals surface area contributed by atoms with Crippen LogP contribution < -0.4 is 20.7 Å². The summed E-state index contributed by atoms with van der Waals surface area (Å²) in [6.45, 7) is 4.42. The fraction of sp³-hybridized carbons (Fsp3) is 0.300. The molecule has 0 aliphatic rings. The summed E-state index contributed by atoms with van der Waals surface area (Å²) in [6, 6.07) is 13.9. The van der Waals surface area contributed by atoms with Crippen molar-refractivity contribution in [3.8, 4) is 22.6 Å². The number of aromatic nitrogens is 3. The molecule has 41 heavy (non-hydrogen) atoms. The Kier molecular flexibility index (Phi) is 8.86. The van der Waals surface area contributed by atoms with Gasteiger partial charge in [0.2, 0.25) is 0 Å². The third-order valence-electron chi connectivity index (χ3n) is 6.51. The Bertz CT molecular complexity index is 1720. The first-order valence-corrected chi connectivity index (χ1v) is 13.0. The molecule has 214 valence electrons. The fourth-order valence-corrected chi connectivity index (χ4v) is 4.67. The van der Waals surface area contributed by atoms with Gasteiger partial charge in [-0.3, -0.25) is 14.2 Å². The van der Waals surface area contributed by atoms with E-state index in [1.165, 1.54) is 18.8 Å². The maximum Gasteiger partial charge on any atom is 0.340 e. The second-order valence-corrected chi connectivity index (χ2v) is 8.97. The lowest BCUT2D eigenvalue weighted by atomic mass is 9.95. The minimum atomic E-state index is -0.793. The summed E-state index contributed by atoms with van der Waals surface area (Å²) in [7, 11) is 3.03. The van der Waals surface area contributed by atoms with Gasteiger partial charge in [0.1, 0.15) is 18.0 Å². The van der Waals surface area contributed by atoms with Gasteiger partial charge < -0.3 is 18.9 Å². The minimum Gasteiger partial charge on any atom is -0.497 e. The van der Waals surface area contributed by atoms with Crippen molar-refractivity contribution in [2.75, 3.05) is 27.4 Å². The molecule has 0 atom stereocenters. The molecule has 0 aliphatic heterocycles. The Labute approximate surface area is 235 Å². The number of esters is 2. The molecule has 11 heteroatoms. The van der Waals surface area contributed by atoms with Crippen molar-refractivity contribution >= 4 is 23.0 Å². The van der Waals surface area contributed by atoms with E-state index in [1.807, 2.05) is 0 Å². The van der Waals surface area contributed by atoms with Crippen molar-refractivity contribution in [2.24, 2.45) is 0 Å². The first-order valence-electron chi connectivity index (χ1n) is 13.0. The predicted octanol–water partition coefficient (Wildman–Crippen LogP) is 3.34. The van der Waals surface area contributed by atoms with Crippen LogP contribution in [0.5, 0.6) is 11.5 Å². The summed E-state index contributed by atoms with van der Waals surface area (Å²) in [6.07, 6.45) is 0. The number of nitrogens with zero attached hydrogens (tertiary/aromatic N) is 3. The molecular weight excluding hydrogens is 530 g/mol. The Hall–Kier alpha value is -4.93. The molecule has 0 saturated carbocycles. The van der Waals surface area contributed by atoms with Gasteiger partial charge in [-0.25, -0.2) is 19.1 Å². The topological polar surface area (TPSA) is 128 Å². The molecule has 4 rings (SSSR count). The van der Waals surface area contributed by atoms with Crippen molar-refractivity contribution in [3.63, 3.8) is 0 Å². The monoisotopic (exact) mass is 561 g/mol. The molecule has 0 N–H and O–H groups in total. The lowest BCUT2D eigenvalue weighted by molar-refractivity contribution is -0.143. The molecule has 2 aromatic carbocycles. The molecule has 0 fully saturated rings. The quantitative estimate of drug-likeness (QED) is 0.268. The number of methoxy groups -OCH3 is 2. The lowest BCUT2D eigenvalue weighted by Gasteiger charge is -2.19. The molecule has 0 saturated heterocycles. The molecule has 2 heterocycles. The van der Waals surface area contributed by atoms with Gasteiger partial charge in [-0.1, -0.05) is 30.3 Å². The van der Waals surface area contributed by atoms with Crippen molar-refractivity contribution in [2.45, 2.75) is 33.9 Å². The SMILES string of the molecule is CCOC(=O)Cn1c(=O)c2c(-c3ccc(OC)cc3)c(C(=O)OCC)c(C)nc2n(Cc2ccccc2OC)c1=O. The van der Waals surface area contributed by atoms with Gasteiger partial charge in [-0.05, 0) is 44.5 Å². The van der Waals surface area contributed by atoms with Gasteiger partial charge in [0.15, 0.2) is 5.65 Å². The number of hydrogen-bond acceptors (Lipinski definition) is 9. The van der Waals surface area contributed by atoms with E-state index >= 15 is 0 Å². The van der Waals surface area contributed by atoms with Crippen LogP contribution in [-0.2, 0) is 27.4 Å². The van der Waals surface area contributed by atoms with Crippen LogP contribution in [0.3, 0.4) is 0 Å². The molecule has 11 nitrogen and oxygen atoms in total. The summed E-state index contributed by atoms with van der Waals surface area (Å²) < 4.78 is 23.3. The number of carbonyl (C=O) groups excluding carboxylic acids is 2. The third-order valence-corrected chi connectivity index (χ3v) is 6.51. The molecule has 0 spiro atoms. The molecule has 0 bridgehead atoms. The smallest absolute Gasteiger partial charge is 0.340 e. The highest BCUT2D eigenvalue weighted by Crippen LogP contribution is 2.33. The highest BCUT2D eigenvalue weighted by Gasteiger charge is 2.27. The van der Waals surface area contributed by atoms with E-state index < -0.39 is 29.7 Å². The maximum absolute atomic E-state index is 14.1. The van der Waals surface area contributed by atoms with Gasteiger partial charge in [0, 0.05) is 11.1 Å². The normalized spacial score (nSPS) is 10.9. The number of rotatable bonds is 10. The Morgan fingerprint density at radius 2 is 1.56 bits per heavy atom. The number of aryl methyl sites for hydroxylation is 1. The highest BCUT2D eigenvalue weighted by atomic mass is 16.5. The van der Waals surface area contributed by atoms with Crippen molar-refractivity contribution in [3.05, 3.63) is 86.2 Å². The number of benzene rings is 2. The van der Waals surface area contributed by atoms with Gasteiger partial charge >= 0.3 is 17.6 Å². The Morgan fingerprint density at radius 1 is 0.878 bits per heavy atom. The number of hydrogen-bond donors (Lipinski definition) is 0. The summed E-state index contributed by atoms with van der Waals surface area (Å²) in [5, 5.41) is -0.0254. The van der Waals surface area contributed by atoms with Crippen LogP contribution >= 0.6 is 0 Å². The first-order chi connectivity index (χ1) is 19.7. The van der Waals surface area contributed by atoms with Crippen LogP contribution in [0.4, 0.5) is 0 Å². The van der Waals surface area contributed by atoms with Crippen LogP contribution in [-0.4, -0.2) is 53.5 Å². The van der Waals surface area contributed by atoms with E-state index in [1.54, 1.807) is 69.3 Å². The van der Waals surface area contributed by atoms with Gasteiger partial charge in [-0.2, -0.15) is 0 Å². The van der Waals surface area contributed by atoms with Gasteiger partial charge in [0.05, 0.1) is 50.6 Å². The zero-order valence-corrected chi connectivity index (χ0v) is 23.6. The van der Waals surface area contributed by atoms with E-state index in [0.717, 1.165) is 4.57 Å². The summed E-state index contributed by atoms with van der Waals surface area (Å²) in [5.74, 6) is -0.351. The van der Waals surface area contributed by atoms with Crippen LogP contribution in [0.25, 0.3) is 22.2 Å². The standard InChI is InChI=1S/C30H31N3O8/c1-6-40-23(34)17-33-28(35)26-25(19-12-14-21(38-4)15-13-19)24(29(36)41-7-2)18(3)31-27(26)32(30(33)37)16-20-10-8-9-11-22(20)39-5/h8-15H,6-7,16-17H2,1-5H3. The predicted molar refractivity (Wildman–Crippen MR) is 152 cm³/mol. The van der Waals surface area contributed by atoms with Crippen LogP contribution in [0, 0.1) is 6.92 Å². The lowest BCUT2D eigenvalue weighted by Crippen LogP contribution is -2.43. The van der Waals surface area contributed by atoms with Crippen molar-refractivity contribution in [1.82, 2.24) is 14.1 Å². The minimum absolute atomic E-state index is 0.0254. The van der Waals surface area contributed by atoms with E-state index in [9.17, 15) is 19.2 Å². The molecule has 4 aromatic rings. The molecular formula is C30H31N3O8. The Balaban J connectivity index is 2.17. The first kappa shape index (κ1) is 29.1. The highest BCUT2D eigenvalue weighted by molar-refractivity contribution is 6.07. The van der Waals surface area contributed by atoms with Crippen LogP contribution in [0.15, 0.2) is 58.1 Å². The number of carbonyl (C=O) groups is 2. The van der Waals surface area contributed by atoms with E-state index in [2.05, 4.69) is 4.98 Å². The van der Waals surface area contributed by atoms with Crippen LogP contribution in [0.1, 0.15) is 35.5 Å². The van der Waals surface area contributed by atoms with Gasteiger partial charge in [-0.15, -0.1) is 0 Å². The summed E-state index contributed by atoms with van der Waals surface area (Å²) in [4.78, 5) is 58.3. The Morgan fingerprint density at radius 3 is 2.20 bits per heavy atom. The molecule has 0 aliphatic carbocycles. The third kappa shape index (κ3) is 5.69. The van der Waals surface area contributed by atoms with Crippen molar-refractivity contribution < 1.29 is 28.5 Å². The average Bonchev–Trinajstić information content (AvgIpc) is 2.97. The second-order valence-electron chi connectivity index (χ2n) is 8.97. The van der Waals surface area contributed by atoms with Crippen LogP contribution in [0.2, 0.25) is 0 Å². The van der Waals surface area contributed by atoms with Gasteiger partial charge in [0.25, 0.3) is 5.56 Å². The second kappa shape index (κ2) is 12.5. The van der Waals surface area contributed by atoms with E-state index in [0.29, 0.717) is 22.6 Å². The fourth-order valence-electron chi connectivity index (χ4n) is 4.67. The van der Waals surface area contributed by atoms with E-state index in [4.69, 9.17) is 18.9 Å². The molecule has 0 amide bonds.